The molecule has 7 nitrogen and oxygen atoms in total. The Morgan fingerprint density at radius 2 is 1.96 bits per heavy atom. The number of halogens is 1. The van der Waals surface area contributed by atoms with Crippen molar-refractivity contribution in [2.75, 3.05) is 13.1 Å². The number of hydroxylamine groups is 1. The minimum atomic E-state index is -0.349. The van der Waals surface area contributed by atoms with E-state index in [1.165, 1.54) is 0 Å². The van der Waals surface area contributed by atoms with Gasteiger partial charge >= 0.3 is 0 Å². The van der Waals surface area contributed by atoms with E-state index in [2.05, 4.69) is 26.4 Å². The number of unbranched alkanes of at least 4 members (excludes halogenated alkanes) is 3. The molecule has 1 aromatic rings. The zero-order valence-electron chi connectivity index (χ0n) is 13.5. The average Bonchev–Trinajstić information content (AvgIpc) is 2.58. The third-order valence-corrected chi connectivity index (χ3v) is 4.16. The summed E-state index contributed by atoms with van der Waals surface area (Å²) in [6, 6.07) is 5.18. The predicted octanol–water partition coefficient (Wildman–Crippen LogP) is 2.57. The smallest absolute Gasteiger partial charge is 0.243 e. The highest BCUT2D eigenvalue weighted by molar-refractivity contribution is 9.10. The van der Waals surface area contributed by atoms with Gasteiger partial charge in [-0.3, -0.25) is 10.0 Å². The highest BCUT2D eigenvalue weighted by atomic mass is 79.9. The van der Waals surface area contributed by atoms with Gasteiger partial charge in [0.25, 0.3) is 0 Å². The Hall–Kier alpha value is -1.64. The van der Waals surface area contributed by atoms with E-state index in [-0.39, 0.29) is 11.7 Å². The van der Waals surface area contributed by atoms with Gasteiger partial charge < -0.3 is 15.6 Å². The summed E-state index contributed by atoms with van der Waals surface area (Å²) in [4.78, 5) is 10.8. The molecule has 0 aliphatic carbocycles. The number of hydrogen-bond acceptors (Lipinski definition) is 6. The van der Waals surface area contributed by atoms with Crippen LogP contribution in [0.2, 0.25) is 0 Å². The number of benzene rings is 1. The number of phenols is 1. The van der Waals surface area contributed by atoms with Crippen molar-refractivity contribution in [1.82, 2.24) is 10.8 Å². The molecule has 5 N–H and O–H groups in total. The Morgan fingerprint density at radius 1 is 1.21 bits per heavy atom. The summed E-state index contributed by atoms with van der Waals surface area (Å²) >= 11 is 3.26. The molecule has 0 saturated heterocycles. The largest absolute Gasteiger partial charge is 0.507 e. The van der Waals surface area contributed by atoms with Gasteiger partial charge in [-0.1, -0.05) is 24.1 Å². The van der Waals surface area contributed by atoms with E-state index in [0.29, 0.717) is 29.6 Å². The molecule has 134 valence electrons. The van der Waals surface area contributed by atoms with Gasteiger partial charge in [0.1, 0.15) is 5.75 Å². The topological polar surface area (TPSA) is 114 Å². The SMILES string of the molecule is O=C(CCCCCCNCC(Cc1ccc(O)c(Br)c1)=NO)NO. The molecule has 0 radical (unpaired) electrons. The molecule has 0 aliphatic rings. The van der Waals surface area contributed by atoms with Crippen LogP contribution in [0.3, 0.4) is 0 Å². The third kappa shape index (κ3) is 8.28. The number of oxime groups is 1. The molecule has 0 fully saturated rings. The first-order valence-electron chi connectivity index (χ1n) is 7.87. The van der Waals surface area contributed by atoms with Crippen LogP contribution >= 0.6 is 15.9 Å². The van der Waals surface area contributed by atoms with Crippen LogP contribution in [-0.2, 0) is 11.2 Å². The highest BCUT2D eigenvalue weighted by Crippen LogP contribution is 2.24. The van der Waals surface area contributed by atoms with Crippen molar-refractivity contribution in [3.05, 3.63) is 28.2 Å². The van der Waals surface area contributed by atoms with Crippen LogP contribution < -0.4 is 10.8 Å². The van der Waals surface area contributed by atoms with Crippen molar-refractivity contribution in [2.45, 2.75) is 38.5 Å². The molecule has 0 unspecified atom stereocenters. The van der Waals surface area contributed by atoms with Gasteiger partial charge in [-0.15, -0.1) is 0 Å². The Labute approximate surface area is 149 Å². The summed E-state index contributed by atoms with van der Waals surface area (Å²) in [6.07, 6.45) is 4.47. The maximum Gasteiger partial charge on any atom is 0.243 e. The van der Waals surface area contributed by atoms with Crippen molar-refractivity contribution >= 4 is 27.5 Å². The highest BCUT2D eigenvalue weighted by Gasteiger charge is 2.05. The Balaban J connectivity index is 2.16. The quantitative estimate of drug-likeness (QED) is 0.128. The second-order valence-corrected chi connectivity index (χ2v) is 6.36. The number of amides is 1. The summed E-state index contributed by atoms with van der Waals surface area (Å²) in [5, 5.41) is 33.5. The zero-order chi connectivity index (χ0) is 17.8. The summed E-state index contributed by atoms with van der Waals surface area (Å²) < 4.78 is 0.611. The van der Waals surface area contributed by atoms with Crippen LogP contribution in [0.25, 0.3) is 0 Å². The Kier molecular flexibility index (Phi) is 10.1. The van der Waals surface area contributed by atoms with Gasteiger partial charge in [0, 0.05) is 19.4 Å². The molecule has 0 heterocycles. The fraction of sp³-hybridized carbons (Fsp3) is 0.500. The molecule has 1 amide bonds. The summed E-state index contributed by atoms with van der Waals surface area (Å²) in [6.45, 7) is 1.28. The lowest BCUT2D eigenvalue weighted by atomic mass is 10.1. The van der Waals surface area contributed by atoms with Crippen LogP contribution in [0.4, 0.5) is 0 Å². The maximum atomic E-state index is 10.8. The number of rotatable bonds is 11. The van der Waals surface area contributed by atoms with Gasteiger partial charge in [-0.25, -0.2) is 5.48 Å². The fourth-order valence-corrected chi connectivity index (χ4v) is 2.63. The van der Waals surface area contributed by atoms with Gasteiger partial charge in [-0.2, -0.15) is 0 Å². The van der Waals surface area contributed by atoms with Crippen molar-refractivity contribution < 1.29 is 20.3 Å². The molecule has 0 saturated carbocycles. The van der Waals surface area contributed by atoms with Crippen molar-refractivity contribution in [3.8, 4) is 5.75 Å². The van der Waals surface area contributed by atoms with Crippen LogP contribution in [0.15, 0.2) is 27.8 Å². The number of aromatic hydroxyl groups is 1. The number of nitrogens with one attached hydrogen (secondary N) is 2. The molecule has 1 rings (SSSR count). The molecule has 24 heavy (non-hydrogen) atoms. The first-order valence-corrected chi connectivity index (χ1v) is 8.67. The minimum Gasteiger partial charge on any atom is -0.507 e. The summed E-state index contributed by atoms with van der Waals surface area (Å²) in [7, 11) is 0. The number of hydrogen-bond donors (Lipinski definition) is 5. The molecule has 0 spiro atoms. The minimum absolute atomic E-state index is 0.177. The lowest BCUT2D eigenvalue weighted by Gasteiger charge is -2.08. The first-order chi connectivity index (χ1) is 11.6. The van der Waals surface area contributed by atoms with Gasteiger partial charge in [0.2, 0.25) is 5.91 Å². The van der Waals surface area contributed by atoms with Crippen molar-refractivity contribution in [2.24, 2.45) is 5.16 Å². The van der Waals surface area contributed by atoms with Crippen molar-refractivity contribution in [3.63, 3.8) is 0 Å². The van der Waals surface area contributed by atoms with Crippen LogP contribution in [0, 0.1) is 0 Å². The van der Waals surface area contributed by atoms with Crippen LogP contribution in [0.1, 0.15) is 37.7 Å². The summed E-state index contributed by atoms with van der Waals surface area (Å²) in [5.74, 6) is -0.173. The average molecular weight is 402 g/mol. The van der Waals surface area contributed by atoms with E-state index in [1.807, 2.05) is 0 Å². The zero-order valence-corrected chi connectivity index (χ0v) is 15.0. The van der Waals surface area contributed by atoms with E-state index in [9.17, 15) is 9.90 Å². The van der Waals surface area contributed by atoms with E-state index in [4.69, 9.17) is 10.4 Å². The molecule has 8 heteroatoms. The normalized spacial score (nSPS) is 11.5. The van der Waals surface area contributed by atoms with E-state index >= 15 is 0 Å². The number of nitrogens with zero attached hydrogens (tertiary/aromatic N) is 1. The molecule has 0 aliphatic heterocycles. The molecule has 0 bridgehead atoms. The predicted molar refractivity (Wildman–Crippen MR) is 94.6 cm³/mol. The molecule has 0 aromatic heterocycles. The van der Waals surface area contributed by atoms with Crippen LogP contribution in [-0.4, -0.2) is 40.2 Å². The number of carbonyl (C=O) groups is 1. The summed E-state index contributed by atoms with van der Waals surface area (Å²) in [5.41, 5.74) is 3.18. The maximum absolute atomic E-state index is 10.8. The number of carbonyl (C=O) groups excluding carboxylic acids is 1. The Bertz CT molecular complexity index is 552. The second-order valence-electron chi connectivity index (χ2n) is 5.50. The lowest BCUT2D eigenvalue weighted by Crippen LogP contribution is -2.25. The fourth-order valence-electron chi connectivity index (χ4n) is 2.21. The number of phenolic OH excluding ortho intramolecular Hbond substituents is 1. The molecule has 0 atom stereocenters. The second kappa shape index (κ2) is 11.8. The van der Waals surface area contributed by atoms with Gasteiger partial charge in [-0.05, 0) is 53.0 Å². The molecular formula is C16H24BrN3O4. The third-order valence-electron chi connectivity index (χ3n) is 3.52. The lowest BCUT2D eigenvalue weighted by molar-refractivity contribution is -0.129. The van der Waals surface area contributed by atoms with E-state index in [0.717, 1.165) is 37.8 Å². The van der Waals surface area contributed by atoms with Gasteiger partial charge in [0.15, 0.2) is 0 Å². The van der Waals surface area contributed by atoms with Crippen molar-refractivity contribution in [1.29, 1.82) is 0 Å². The standard InChI is InChI=1S/C16H24BrN3O4/c17-14-10-12(6-7-15(14)21)9-13(19-23)11-18-8-4-2-1-3-5-16(22)20-24/h6-7,10,18,21,23-24H,1-5,8-9,11H2,(H,20,22). The van der Waals surface area contributed by atoms with Gasteiger partial charge in [0.05, 0.1) is 10.2 Å². The molecular weight excluding hydrogens is 378 g/mol. The van der Waals surface area contributed by atoms with Crippen LogP contribution in [0.5, 0.6) is 5.75 Å². The van der Waals surface area contributed by atoms with E-state index < -0.39 is 0 Å². The van der Waals surface area contributed by atoms with E-state index in [1.54, 1.807) is 23.7 Å². The molecule has 1 aromatic carbocycles. The Morgan fingerprint density at radius 3 is 2.62 bits per heavy atom. The first kappa shape index (κ1) is 20.4. The monoisotopic (exact) mass is 401 g/mol.